The standard InChI is InChI=1S/C23H25N3O5S/c1-15(23(12-24)32(29,30)25-13-20(28)14-27)21-8-9-22(31-21)18-5-4-17-11-19(26(2)3)7-6-16(17)10-18/h4-11,20,25,27-28H,13-14H2,1-3H3. The summed E-state index contributed by atoms with van der Waals surface area (Å²) in [5.74, 6) is 0.781. The fourth-order valence-electron chi connectivity index (χ4n) is 3.16. The second kappa shape index (κ2) is 9.54. The number of nitrogens with one attached hydrogen (secondary N) is 1. The van der Waals surface area contributed by atoms with Crippen LogP contribution < -0.4 is 9.62 Å². The highest BCUT2D eigenvalue weighted by Crippen LogP contribution is 2.31. The van der Waals surface area contributed by atoms with E-state index >= 15 is 0 Å². The number of furan rings is 1. The molecule has 0 aliphatic carbocycles. The third-order valence-electron chi connectivity index (χ3n) is 5.03. The van der Waals surface area contributed by atoms with Crippen molar-refractivity contribution in [3.05, 3.63) is 59.2 Å². The molecule has 3 N–H and O–H groups in total. The lowest BCUT2D eigenvalue weighted by atomic mass is 10.0. The van der Waals surface area contributed by atoms with Crippen LogP contribution in [0.15, 0.2) is 57.9 Å². The molecule has 168 valence electrons. The molecule has 0 saturated carbocycles. The van der Waals surface area contributed by atoms with Crippen molar-refractivity contribution in [2.24, 2.45) is 0 Å². The molecule has 0 bridgehead atoms. The van der Waals surface area contributed by atoms with E-state index < -0.39 is 34.2 Å². The number of rotatable bonds is 8. The number of sulfonamides is 1. The number of nitrogens with zero attached hydrogens (tertiary/aromatic N) is 2. The van der Waals surface area contributed by atoms with Gasteiger partial charge in [-0.25, -0.2) is 13.1 Å². The summed E-state index contributed by atoms with van der Waals surface area (Å²) in [5.41, 5.74) is 2.05. The molecule has 32 heavy (non-hydrogen) atoms. The molecule has 0 aliphatic rings. The van der Waals surface area contributed by atoms with Crippen LogP contribution in [0.1, 0.15) is 12.7 Å². The number of anilines is 1. The van der Waals surface area contributed by atoms with Crippen LogP contribution in [0.5, 0.6) is 0 Å². The third-order valence-corrected chi connectivity index (χ3v) is 6.51. The number of hydrogen-bond acceptors (Lipinski definition) is 7. The van der Waals surface area contributed by atoms with E-state index in [1.807, 2.05) is 49.3 Å². The molecule has 2 aromatic carbocycles. The van der Waals surface area contributed by atoms with Gasteiger partial charge in [-0.2, -0.15) is 5.26 Å². The highest BCUT2D eigenvalue weighted by Gasteiger charge is 2.23. The Morgan fingerprint density at radius 2 is 1.84 bits per heavy atom. The zero-order valence-corrected chi connectivity index (χ0v) is 18.8. The largest absolute Gasteiger partial charge is 0.456 e. The van der Waals surface area contributed by atoms with Gasteiger partial charge in [0.15, 0.2) is 4.91 Å². The fourth-order valence-corrected chi connectivity index (χ4v) is 4.34. The predicted molar refractivity (Wildman–Crippen MR) is 124 cm³/mol. The number of nitriles is 1. The molecule has 0 spiro atoms. The average molecular weight is 456 g/mol. The lowest BCUT2D eigenvalue weighted by Gasteiger charge is -2.13. The Kier molecular flexibility index (Phi) is 7.01. The minimum atomic E-state index is -4.19. The number of allylic oxidation sites excluding steroid dienone is 2. The van der Waals surface area contributed by atoms with E-state index in [0.29, 0.717) is 5.76 Å². The number of benzene rings is 2. The summed E-state index contributed by atoms with van der Waals surface area (Å²) in [6, 6.07) is 17.1. The van der Waals surface area contributed by atoms with Crippen molar-refractivity contribution in [2.45, 2.75) is 13.0 Å². The van der Waals surface area contributed by atoms with Crippen LogP contribution in [0.25, 0.3) is 27.7 Å². The van der Waals surface area contributed by atoms with E-state index in [4.69, 9.17) is 9.52 Å². The van der Waals surface area contributed by atoms with Crippen molar-refractivity contribution in [1.29, 1.82) is 5.26 Å². The summed E-state index contributed by atoms with van der Waals surface area (Å²) >= 11 is 0. The molecule has 0 fully saturated rings. The van der Waals surface area contributed by atoms with Crippen molar-refractivity contribution in [1.82, 2.24) is 4.72 Å². The molecule has 8 nitrogen and oxygen atoms in total. The van der Waals surface area contributed by atoms with E-state index in [1.165, 1.54) is 6.92 Å². The van der Waals surface area contributed by atoms with Crippen molar-refractivity contribution >= 4 is 32.1 Å². The Morgan fingerprint density at radius 1 is 1.16 bits per heavy atom. The van der Waals surface area contributed by atoms with Crippen LogP contribution in [0, 0.1) is 11.3 Å². The Bertz CT molecular complexity index is 1300. The van der Waals surface area contributed by atoms with Gasteiger partial charge in [0.2, 0.25) is 0 Å². The van der Waals surface area contributed by atoms with Crippen molar-refractivity contribution in [3.63, 3.8) is 0 Å². The van der Waals surface area contributed by atoms with E-state index in [-0.39, 0.29) is 11.3 Å². The van der Waals surface area contributed by atoms with E-state index in [0.717, 1.165) is 22.0 Å². The van der Waals surface area contributed by atoms with E-state index in [2.05, 4.69) is 10.8 Å². The second-order valence-electron chi connectivity index (χ2n) is 7.56. The monoisotopic (exact) mass is 455 g/mol. The highest BCUT2D eigenvalue weighted by molar-refractivity contribution is 7.93. The van der Waals surface area contributed by atoms with Crippen LogP contribution in [-0.2, 0) is 10.0 Å². The normalized spacial score (nSPS) is 13.5. The van der Waals surface area contributed by atoms with Crippen molar-refractivity contribution in [3.8, 4) is 17.4 Å². The van der Waals surface area contributed by atoms with Crippen LogP contribution in [0.2, 0.25) is 0 Å². The quantitative estimate of drug-likeness (QED) is 0.446. The van der Waals surface area contributed by atoms with Gasteiger partial charge in [0.1, 0.15) is 17.6 Å². The number of aliphatic hydroxyl groups is 2. The average Bonchev–Trinajstić information content (AvgIpc) is 3.27. The van der Waals surface area contributed by atoms with Crippen LogP contribution in [0.4, 0.5) is 5.69 Å². The van der Waals surface area contributed by atoms with Crippen molar-refractivity contribution in [2.75, 3.05) is 32.1 Å². The molecule has 0 aliphatic heterocycles. The second-order valence-corrected chi connectivity index (χ2v) is 9.26. The molecule has 1 atom stereocenters. The topological polar surface area (TPSA) is 127 Å². The van der Waals surface area contributed by atoms with E-state index in [9.17, 15) is 18.8 Å². The smallest absolute Gasteiger partial charge is 0.251 e. The molecule has 1 heterocycles. The molecule has 0 radical (unpaired) electrons. The summed E-state index contributed by atoms with van der Waals surface area (Å²) in [5, 5.41) is 29.8. The van der Waals surface area contributed by atoms with Gasteiger partial charge in [0.05, 0.1) is 12.7 Å². The molecule has 1 aromatic heterocycles. The SMILES string of the molecule is CC(=C(C#N)S(=O)(=O)NCC(O)CO)c1ccc(-c2ccc3cc(N(C)C)ccc3c2)o1. The zero-order valence-electron chi connectivity index (χ0n) is 18.0. The maximum atomic E-state index is 12.5. The van der Waals surface area contributed by atoms with Gasteiger partial charge in [-0.1, -0.05) is 18.2 Å². The third kappa shape index (κ3) is 5.00. The number of fused-ring (bicyclic) bond motifs is 1. The number of aliphatic hydroxyl groups excluding tert-OH is 2. The first-order chi connectivity index (χ1) is 15.2. The maximum absolute atomic E-state index is 12.5. The number of hydrogen-bond donors (Lipinski definition) is 3. The van der Waals surface area contributed by atoms with Crippen molar-refractivity contribution < 1.29 is 23.0 Å². The van der Waals surface area contributed by atoms with Gasteiger partial charge in [0, 0.05) is 37.5 Å². The first-order valence-electron chi connectivity index (χ1n) is 9.87. The fraction of sp³-hybridized carbons (Fsp3) is 0.261. The summed E-state index contributed by atoms with van der Waals surface area (Å²) < 4.78 is 32.9. The molecule has 3 rings (SSSR count). The lowest BCUT2D eigenvalue weighted by Crippen LogP contribution is -2.34. The highest BCUT2D eigenvalue weighted by atomic mass is 32.2. The van der Waals surface area contributed by atoms with Crippen LogP contribution in [0.3, 0.4) is 0 Å². The van der Waals surface area contributed by atoms with E-state index in [1.54, 1.807) is 18.2 Å². The first-order valence-corrected chi connectivity index (χ1v) is 11.4. The Hall–Kier alpha value is -3.16. The van der Waals surface area contributed by atoms with Gasteiger partial charge in [-0.15, -0.1) is 0 Å². The van der Waals surface area contributed by atoms with Gasteiger partial charge in [-0.3, -0.25) is 0 Å². The van der Waals surface area contributed by atoms with Crippen LogP contribution in [-0.4, -0.2) is 52.0 Å². The molecule has 0 saturated heterocycles. The van der Waals surface area contributed by atoms with Gasteiger partial charge in [0.25, 0.3) is 10.0 Å². The summed E-state index contributed by atoms with van der Waals surface area (Å²) in [6.45, 7) is 0.468. The Balaban J connectivity index is 1.92. The minimum Gasteiger partial charge on any atom is -0.456 e. The molecule has 1 unspecified atom stereocenters. The van der Waals surface area contributed by atoms with Crippen LogP contribution >= 0.6 is 0 Å². The van der Waals surface area contributed by atoms with Gasteiger partial charge in [-0.05, 0) is 48.0 Å². The lowest BCUT2D eigenvalue weighted by molar-refractivity contribution is 0.0989. The summed E-state index contributed by atoms with van der Waals surface area (Å²) in [4.78, 5) is 1.51. The summed E-state index contributed by atoms with van der Waals surface area (Å²) in [7, 11) is -0.223. The molecule has 3 aromatic rings. The molecule has 9 heteroatoms. The summed E-state index contributed by atoms with van der Waals surface area (Å²) in [6.07, 6.45) is -1.26. The molecular weight excluding hydrogens is 430 g/mol. The minimum absolute atomic E-state index is 0.140. The molecular formula is C23H25N3O5S. The predicted octanol–water partition coefficient (Wildman–Crippen LogP) is 2.69. The van der Waals surface area contributed by atoms with Gasteiger partial charge >= 0.3 is 0 Å². The Labute approximate surface area is 187 Å². The molecule has 0 amide bonds. The zero-order chi connectivity index (χ0) is 23.5. The Morgan fingerprint density at radius 3 is 2.50 bits per heavy atom. The maximum Gasteiger partial charge on any atom is 0.251 e. The first kappa shape index (κ1) is 23.5. The van der Waals surface area contributed by atoms with Gasteiger partial charge < -0.3 is 19.5 Å².